The highest BCUT2D eigenvalue weighted by Crippen LogP contribution is 2.22. The summed E-state index contributed by atoms with van der Waals surface area (Å²) in [6.07, 6.45) is 3.67. The molecule has 1 amide bonds. The van der Waals surface area contributed by atoms with E-state index in [1.165, 1.54) is 0 Å². The van der Waals surface area contributed by atoms with Crippen molar-refractivity contribution in [2.45, 2.75) is 13.0 Å². The van der Waals surface area contributed by atoms with Crippen molar-refractivity contribution in [3.05, 3.63) is 82.9 Å². The number of aromatic nitrogens is 2. The second kappa shape index (κ2) is 7.45. The van der Waals surface area contributed by atoms with Crippen molar-refractivity contribution in [3.8, 4) is 11.3 Å². The summed E-state index contributed by atoms with van der Waals surface area (Å²) in [6.45, 7) is 0.364. The van der Waals surface area contributed by atoms with E-state index < -0.39 is 0 Å². The van der Waals surface area contributed by atoms with Crippen LogP contribution in [0.15, 0.2) is 71.7 Å². The summed E-state index contributed by atoms with van der Waals surface area (Å²) in [4.78, 5) is 21.3. The Hall–Kier alpha value is -3.05. The highest BCUT2D eigenvalue weighted by atomic mass is 32.1. The number of carbonyl (C=O) groups is 1. The molecular weight excluding hydrogens is 342 g/mol. The van der Waals surface area contributed by atoms with E-state index in [2.05, 4.69) is 33.5 Å². The van der Waals surface area contributed by atoms with Crippen molar-refractivity contribution in [2.24, 2.45) is 0 Å². The number of amides is 1. The Labute approximate surface area is 155 Å². The van der Waals surface area contributed by atoms with Gasteiger partial charge in [-0.15, -0.1) is 0 Å². The van der Waals surface area contributed by atoms with Crippen molar-refractivity contribution >= 4 is 28.0 Å². The van der Waals surface area contributed by atoms with Crippen molar-refractivity contribution in [3.63, 3.8) is 0 Å². The molecule has 4 nitrogen and oxygen atoms in total. The van der Waals surface area contributed by atoms with Gasteiger partial charge in [-0.3, -0.25) is 14.8 Å². The molecule has 0 fully saturated rings. The van der Waals surface area contributed by atoms with E-state index in [1.54, 1.807) is 23.7 Å². The lowest BCUT2D eigenvalue weighted by Crippen LogP contribution is -2.25. The monoisotopic (exact) mass is 359 g/mol. The molecule has 0 saturated carbocycles. The Kier molecular flexibility index (Phi) is 4.71. The molecule has 0 radical (unpaired) electrons. The van der Waals surface area contributed by atoms with Gasteiger partial charge in [0.25, 0.3) is 0 Å². The van der Waals surface area contributed by atoms with E-state index in [4.69, 9.17) is 0 Å². The Morgan fingerprint density at radius 1 is 1.00 bits per heavy atom. The van der Waals surface area contributed by atoms with Gasteiger partial charge in [-0.1, -0.05) is 42.5 Å². The topological polar surface area (TPSA) is 54.9 Å². The van der Waals surface area contributed by atoms with Crippen LogP contribution in [-0.2, 0) is 17.8 Å². The first-order valence-electron chi connectivity index (χ1n) is 8.37. The molecule has 0 aliphatic heterocycles. The summed E-state index contributed by atoms with van der Waals surface area (Å²) in [6, 6.07) is 16.2. The molecular formula is C21H17N3OS. The number of nitrogens with one attached hydrogen (secondary N) is 1. The normalized spacial score (nSPS) is 10.8. The number of nitrogens with zero attached hydrogens (tertiary/aromatic N) is 2. The first-order chi connectivity index (χ1) is 12.8. The zero-order chi connectivity index (χ0) is 17.8. The van der Waals surface area contributed by atoms with E-state index in [-0.39, 0.29) is 5.91 Å². The fourth-order valence-corrected chi connectivity index (χ4v) is 3.64. The summed E-state index contributed by atoms with van der Waals surface area (Å²) < 4.78 is 0. The van der Waals surface area contributed by atoms with Gasteiger partial charge in [0.15, 0.2) is 0 Å². The SMILES string of the molecule is O=C(Cc1cccc2ccccc12)NCc1nccnc1-c1ccsc1. The summed E-state index contributed by atoms with van der Waals surface area (Å²) in [5.41, 5.74) is 3.65. The highest BCUT2D eigenvalue weighted by molar-refractivity contribution is 7.08. The average molecular weight is 359 g/mol. The predicted molar refractivity (Wildman–Crippen MR) is 105 cm³/mol. The van der Waals surface area contributed by atoms with Crippen molar-refractivity contribution in [1.82, 2.24) is 15.3 Å². The van der Waals surface area contributed by atoms with Crippen LogP contribution in [0.2, 0.25) is 0 Å². The first-order valence-corrected chi connectivity index (χ1v) is 9.31. The van der Waals surface area contributed by atoms with Crippen LogP contribution in [-0.4, -0.2) is 15.9 Å². The number of hydrogen-bond acceptors (Lipinski definition) is 4. The Bertz CT molecular complexity index is 1040. The summed E-state index contributed by atoms with van der Waals surface area (Å²) in [7, 11) is 0. The molecule has 2 aromatic carbocycles. The Morgan fingerprint density at radius 3 is 2.73 bits per heavy atom. The minimum absolute atomic E-state index is 0.0247. The number of carbonyl (C=O) groups excluding carboxylic acids is 1. The largest absolute Gasteiger partial charge is 0.350 e. The van der Waals surface area contributed by atoms with Crippen LogP contribution in [0.3, 0.4) is 0 Å². The van der Waals surface area contributed by atoms with E-state index in [0.29, 0.717) is 13.0 Å². The second-order valence-corrected chi connectivity index (χ2v) is 6.74. The van der Waals surface area contributed by atoms with Crippen LogP contribution in [0.5, 0.6) is 0 Å². The van der Waals surface area contributed by atoms with Gasteiger partial charge < -0.3 is 5.32 Å². The van der Waals surface area contributed by atoms with Crippen LogP contribution in [0.4, 0.5) is 0 Å². The molecule has 128 valence electrons. The standard InChI is InChI=1S/C21H17N3OS/c25-20(12-16-6-3-5-15-4-1-2-7-18(15)16)24-13-19-21(23-10-9-22-19)17-8-11-26-14-17/h1-11,14H,12-13H2,(H,24,25). The zero-order valence-corrected chi connectivity index (χ0v) is 14.9. The lowest BCUT2D eigenvalue weighted by atomic mass is 10.0. The van der Waals surface area contributed by atoms with E-state index in [1.807, 2.05) is 41.1 Å². The number of benzene rings is 2. The van der Waals surface area contributed by atoms with E-state index >= 15 is 0 Å². The van der Waals surface area contributed by atoms with Crippen molar-refractivity contribution in [2.75, 3.05) is 0 Å². The molecule has 0 atom stereocenters. The smallest absolute Gasteiger partial charge is 0.224 e. The molecule has 4 rings (SSSR count). The molecule has 5 heteroatoms. The van der Waals surface area contributed by atoms with Crippen molar-refractivity contribution in [1.29, 1.82) is 0 Å². The minimum Gasteiger partial charge on any atom is -0.350 e. The predicted octanol–water partition coefficient (Wildman–Crippen LogP) is 4.22. The van der Waals surface area contributed by atoms with Gasteiger partial charge in [-0.2, -0.15) is 11.3 Å². The van der Waals surface area contributed by atoms with E-state index in [0.717, 1.165) is 33.3 Å². The molecule has 26 heavy (non-hydrogen) atoms. The Balaban J connectivity index is 1.48. The Morgan fingerprint density at radius 2 is 1.85 bits per heavy atom. The molecule has 0 aliphatic carbocycles. The number of thiophene rings is 1. The van der Waals surface area contributed by atoms with Gasteiger partial charge in [-0.25, -0.2) is 0 Å². The third-order valence-corrected chi connectivity index (χ3v) is 4.94. The zero-order valence-electron chi connectivity index (χ0n) is 14.1. The molecule has 0 unspecified atom stereocenters. The maximum absolute atomic E-state index is 12.5. The third kappa shape index (κ3) is 3.48. The van der Waals surface area contributed by atoms with Gasteiger partial charge in [0.2, 0.25) is 5.91 Å². The highest BCUT2D eigenvalue weighted by Gasteiger charge is 2.11. The summed E-state index contributed by atoms with van der Waals surface area (Å²) in [5.74, 6) is -0.0247. The van der Waals surface area contributed by atoms with E-state index in [9.17, 15) is 4.79 Å². The van der Waals surface area contributed by atoms with Gasteiger partial charge in [0.1, 0.15) is 0 Å². The minimum atomic E-state index is -0.0247. The number of fused-ring (bicyclic) bond motifs is 1. The lowest BCUT2D eigenvalue weighted by molar-refractivity contribution is -0.120. The number of hydrogen-bond donors (Lipinski definition) is 1. The molecule has 2 heterocycles. The van der Waals surface area contributed by atoms with Crippen LogP contribution < -0.4 is 5.32 Å². The van der Waals surface area contributed by atoms with Crippen LogP contribution in [0, 0.1) is 0 Å². The molecule has 0 aliphatic rings. The molecule has 1 N–H and O–H groups in total. The van der Waals surface area contributed by atoms with Gasteiger partial charge in [0, 0.05) is 23.3 Å². The van der Waals surface area contributed by atoms with Crippen molar-refractivity contribution < 1.29 is 4.79 Å². The molecule has 0 saturated heterocycles. The maximum atomic E-state index is 12.5. The molecule has 0 spiro atoms. The van der Waals surface area contributed by atoms with Crippen LogP contribution in [0.25, 0.3) is 22.0 Å². The quantitative estimate of drug-likeness (QED) is 0.580. The molecule has 0 bridgehead atoms. The molecule has 2 aromatic heterocycles. The van der Waals surface area contributed by atoms with Gasteiger partial charge >= 0.3 is 0 Å². The first kappa shape index (κ1) is 16.4. The summed E-state index contributed by atoms with van der Waals surface area (Å²) >= 11 is 1.62. The lowest BCUT2D eigenvalue weighted by Gasteiger charge is -2.09. The maximum Gasteiger partial charge on any atom is 0.224 e. The fraction of sp³-hybridized carbons (Fsp3) is 0.0952. The fourth-order valence-electron chi connectivity index (χ4n) is 3.00. The van der Waals surface area contributed by atoms with Crippen LogP contribution >= 0.6 is 11.3 Å². The summed E-state index contributed by atoms with van der Waals surface area (Å²) in [5, 5.41) is 9.28. The second-order valence-electron chi connectivity index (χ2n) is 5.96. The average Bonchev–Trinajstić information content (AvgIpc) is 3.21. The molecule has 4 aromatic rings. The van der Waals surface area contributed by atoms with Crippen LogP contribution in [0.1, 0.15) is 11.3 Å². The number of rotatable bonds is 5. The van der Waals surface area contributed by atoms with Gasteiger partial charge in [-0.05, 0) is 27.8 Å². The van der Waals surface area contributed by atoms with Gasteiger partial charge in [0.05, 0.1) is 24.4 Å². The third-order valence-electron chi connectivity index (χ3n) is 4.25.